The van der Waals surface area contributed by atoms with Gasteiger partial charge in [-0.25, -0.2) is 0 Å². The van der Waals surface area contributed by atoms with E-state index in [1.54, 1.807) is 0 Å². The fourth-order valence-electron chi connectivity index (χ4n) is 4.65. The molecule has 0 saturated carbocycles. The third kappa shape index (κ3) is 3.68. The van der Waals surface area contributed by atoms with Crippen LogP contribution in [0.15, 0.2) is 47.5 Å². The Morgan fingerprint density at radius 1 is 0.633 bits per heavy atom. The number of halogens is 6. The maximum absolute atomic E-state index is 13.1. The Balaban J connectivity index is 1.59. The van der Waals surface area contributed by atoms with Crippen LogP contribution in [-0.4, -0.2) is 0 Å². The first kappa shape index (κ1) is 20.8. The van der Waals surface area contributed by atoms with E-state index in [1.165, 1.54) is 24.3 Å². The maximum Gasteiger partial charge on any atom is 0.416 e. The van der Waals surface area contributed by atoms with Crippen LogP contribution in [0.25, 0.3) is 12.2 Å². The normalized spacial score (nSPS) is 20.7. The van der Waals surface area contributed by atoms with Gasteiger partial charge in [-0.05, 0) is 73.2 Å². The lowest BCUT2D eigenvalue weighted by Gasteiger charge is -2.21. The van der Waals surface area contributed by atoms with E-state index in [1.807, 2.05) is 26.0 Å². The van der Waals surface area contributed by atoms with Crippen molar-refractivity contribution in [3.63, 3.8) is 0 Å². The van der Waals surface area contributed by atoms with Gasteiger partial charge in [-0.1, -0.05) is 35.4 Å². The molecular weight excluding hydrogens is 402 g/mol. The lowest BCUT2D eigenvalue weighted by molar-refractivity contribution is -0.138. The minimum absolute atomic E-state index is 0.162. The van der Waals surface area contributed by atoms with Gasteiger partial charge in [0.15, 0.2) is 0 Å². The van der Waals surface area contributed by atoms with Crippen LogP contribution in [0.5, 0.6) is 0 Å². The highest BCUT2D eigenvalue weighted by Crippen LogP contribution is 2.46. The maximum atomic E-state index is 13.1. The Labute approximate surface area is 170 Å². The van der Waals surface area contributed by atoms with E-state index in [9.17, 15) is 26.3 Å². The number of fused-ring (bicyclic) bond motifs is 2. The van der Waals surface area contributed by atoms with Crippen molar-refractivity contribution in [2.24, 2.45) is 0 Å². The molecule has 0 nitrogen and oxygen atoms in total. The van der Waals surface area contributed by atoms with Crippen molar-refractivity contribution in [2.75, 3.05) is 0 Å². The van der Waals surface area contributed by atoms with E-state index in [0.717, 1.165) is 34.4 Å². The van der Waals surface area contributed by atoms with Crippen molar-refractivity contribution in [1.82, 2.24) is 0 Å². The van der Waals surface area contributed by atoms with Gasteiger partial charge in [-0.3, -0.25) is 0 Å². The van der Waals surface area contributed by atoms with Gasteiger partial charge in [0.1, 0.15) is 0 Å². The summed E-state index contributed by atoms with van der Waals surface area (Å²) >= 11 is 0. The molecule has 2 aliphatic carbocycles. The monoisotopic (exact) mass is 422 g/mol. The number of benzene rings is 2. The molecule has 0 N–H and O–H groups in total. The second-order valence-corrected chi connectivity index (χ2v) is 8.14. The second-order valence-electron chi connectivity index (χ2n) is 8.14. The van der Waals surface area contributed by atoms with Crippen molar-refractivity contribution in [2.45, 2.75) is 50.9 Å². The van der Waals surface area contributed by atoms with E-state index in [0.29, 0.717) is 24.0 Å². The zero-order chi connectivity index (χ0) is 21.8. The molecule has 2 aliphatic rings. The summed E-state index contributed by atoms with van der Waals surface area (Å²) in [4.78, 5) is 0. The summed E-state index contributed by atoms with van der Waals surface area (Å²) in [5.74, 6) is -0.324. The Hall–Kier alpha value is -2.50. The highest BCUT2D eigenvalue weighted by Gasteiger charge is 2.35. The molecule has 0 radical (unpaired) electrons. The molecule has 0 heterocycles. The first-order chi connectivity index (χ1) is 13.9. The Morgan fingerprint density at radius 2 is 1.00 bits per heavy atom. The zero-order valence-electron chi connectivity index (χ0n) is 16.5. The van der Waals surface area contributed by atoms with Gasteiger partial charge < -0.3 is 0 Å². The van der Waals surface area contributed by atoms with E-state index >= 15 is 0 Å². The fourth-order valence-corrected chi connectivity index (χ4v) is 4.65. The third-order valence-corrected chi connectivity index (χ3v) is 6.19. The van der Waals surface area contributed by atoms with E-state index in [4.69, 9.17) is 0 Å². The van der Waals surface area contributed by atoms with Crippen LogP contribution in [-0.2, 0) is 12.4 Å². The summed E-state index contributed by atoms with van der Waals surface area (Å²) in [5.41, 5.74) is 3.46. The molecule has 158 valence electrons. The molecule has 0 fully saturated rings. The minimum atomic E-state index is -4.41. The van der Waals surface area contributed by atoms with Gasteiger partial charge in [0.2, 0.25) is 0 Å². The van der Waals surface area contributed by atoms with Crippen molar-refractivity contribution in [3.05, 3.63) is 80.9 Å². The molecule has 4 rings (SSSR count). The number of alkyl halides is 6. The molecule has 30 heavy (non-hydrogen) atoms. The van der Waals surface area contributed by atoms with E-state index < -0.39 is 23.5 Å². The minimum Gasteiger partial charge on any atom is -0.166 e. The number of rotatable bonds is 3. The average Bonchev–Trinajstić information content (AvgIpc) is 3.12. The number of allylic oxidation sites excluding steroid dienone is 2. The summed E-state index contributed by atoms with van der Waals surface area (Å²) in [5, 5.41) is 0. The van der Waals surface area contributed by atoms with Crippen molar-refractivity contribution >= 4 is 12.2 Å². The lowest BCUT2D eigenvalue weighted by atomic mass is 9.84. The third-order valence-electron chi connectivity index (χ3n) is 6.19. The van der Waals surface area contributed by atoms with Gasteiger partial charge in [0.05, 0.1) is 11.1 Å². The number of hydrogen-bond donors (Lipinski definition) is 0. The predicted octanol–water partition coefficient (Wildman–Crippen LogP) is 8.21. The van der Waals surface area contributed by atoms with Crippen molar-refractivity contribution in [3.8, 4) is 0 Å². The van der Waals surface area contributed by atoms with Crippen LogP contribution in [0.3, 0.4) is 0 Å². The van der Waals surface area contributed by atoms with Gasteiger partial charge in [0, 0.05) is 11.8 Å². The summed E-state index contributed by atoms with van der Waals surface area (Å²) in [7, 11) is 0. The van der Waals surface area contributed by atoms with Crippen LogP contribution in [0.4, 0.5) is 26.3 Å². The smallest absolute Gasteiger partial charge is 0.166 e. The van der Waals surface area contributed by atoms with Gasteiger partial charge >= 0.3 is 12.4 Å². The zero-order valence-corrected chi connectivity index (χ0v) is 16.5. The van der Waals surface area contributed by atoms with Crippen LogP contribution in [0.2, 0.25) is 0 Å². The summed E-state index contributed by atoms with van der Waals surface area (Å²) in [6.45, 7) is 3.79. The van der Waals surface area contributed by atoms with Crippen LogP contribution < -0.4 is 0 Å². The molecule has 0 aliphatic heterocycles. The second kappa shape index (κ2) is 7.03. The fraction of sp³-hybridized carbons (Fsp3) is 0.333. The lowest BCUT2D eigenvalue weighted by Crippen LogP contribution is -2.09. The highest BCUT2D eigenvalue weighted by molar-refractivity contribution is 5.68. The molecule has 0 amide bonds. The molecule has 0 aromatic heterocycles. The molecule has 0 bridgehead atoms. The Morgan fingerprint density at radius 3 is 1.33 bits per heavy atom. The molecular formula is C24H20F6. The molecule has 0 spiro atoms. The first-order valence-corrected chi connectivity index (χ1v) is 9.74. The van der Waals surface area contributed by atoms with Crippen LogP contribution >= 0.6 is 0 Å². The number of hydrogen-bond acceptors (Lipinski definition) is 0. The summed E-state index contributed by atoms with van der Waals surface area (Å²) < 4.78 is 78.9. The molecule has 0 saturated heterocycles. The van der Waals surface area contributed by atoms with Crippen LogP contribution in [0, 0.1) is 0 Å². The van der Waals surface area contributed by atoms with Crippen molar-refractivity contribution in [1.29, 1.82) is 0 Å². The predicted molar refractivity (Wildman–Crippen MR) is 105 cm³/mol. The van der Waals surface area contributed by atoms with Gasteiger partial charge in [0.25, 0.3) is 0 Å². The Bertz CT molecular complexity index is 967. The van der Waals surface area contributed by atoms with E-state index in [2.05, 4.69) is 0 Å². The highest BCUT2D eigenvalue weighted by atomic mass is 19.4. The van der Waals surface area contributed by atoms with Crippen molar-refractivity contribution < 1.29 is 26.3 Å². The molecule has 2 aromatic carbocycles. The average molecular weight is 422 g/mol. The topological polar surface area (TPSA) is 0 Å². The summed E-state index contributed by atoms with van der Waals surface area (Å²) in [6.07, 6.45) is -3.88. The summed E-state index contributed by atoms with van der Waals surface area (Å²) in [6, 6.07) is 7.58. The van der Waals surface area contributed by atoms with Crippen LogP contribution in [0.1, 0.15) is 71.9 Å². The van der Waals surface area contributed by atoms with Gasteiger partial charge in [-0.2, -0.15) is 26.3 Å². The first-order valence-electron chi connectivity index (χ1n) is 9.74. The van der Waals surface area contributed by atoms with Gasteiger partial charge in [-0.15, -0.1) is 0 Å². The SMILES string of the molecule is CC1=Cc2ccc(C(F)(F)F)cc2C1CCC1C(C)=Cc2ccc(C(F)(F)F)cc21. The van der Waals surface area contributed by atoms with E-state index in [-0.39, 0.29) is 11.8 Å². The molecule has 2 aromatic rings. The molecule has 6 heteroatoms. The quantitative estimate of drug-likeness (QED) is 0.437. The standard InChI is InChI=1S/C24H20F6/c1-13-9-15-3-5-17(23(25,26)27)11-21(15)19(13)7-8-20-14(2)10-16-4-6-18(12-22(16)20)24(28,29)30/h3-6,9-12,19-20H,7-8H2,1-2H3. The molecule has 2 unspecified atom stereocenters. The largest absolute Gasteiger partial charge is 0.416 e. The molecule has 2 atom stereocenters. The Kier molecular flexibility index (Phi) is 4.87.